The van der Waals surface area contributed by atoms with Crippen LogP contribution in [0.4, 0.5) is 0 Å². The molecule has 27 heavy (non-hydrogen) atoms. The number of ketones is 1. The lowest BCUT2D eigenvalue weighted by molar-refractivity contribution is -0.145. The maximum Gasteiger partial charge on any atom is 0.326 e. The number of Topliss-reactive ketones (excluding diaryl/α,β-unsaturated/α-hetero) is 1. The van der Waals surface area contributed by atoms with Gasteiger partial charge in [-0.3, -0.25) is 14.4 Å². The van der Waals surface area contributed by atoms with Gasteiger partial charge in [0.25, 0.3) is 5.91 Å². The minimum atomic E-state index is -0.932. The van der Waals surface area contributed by atoms with Crippen LogP contribution in [0.25, 0.3) is 0 Å². The van der Waals surface area contributed by atoms with Crippen LogP contribution in [0.2, 0.25) is 0 Å². The van der Waals surface area contributed by atoms with Crippen LogP contribution in [0.15, 0.2) is 48.5 Å². The van der Waals surface area contributed by atoms with Crippen molar-refractivity contribution in [1.29, 1.82) is 0 Å². The number of benzene rings is 2. The summed E-state index contributed by atoms with van der Waals surface area (Å²) in [6.45, 7) is 3.21. The zero-order valence-corrected chi connectivity index (χ0v) is 15.7. The van der Waals surface area contributed by atoms with E-state index in [1.807, 2.05) is 19.1 Å². The van der Waals surface area contributed by atoms with E-state index < -0.39 is 18.0 Å². The normalized spacial score (nSPS) is 11.4. The molecule has 2 rings (SSSR count). The fraction of sp³-hybridized carbons (Fsp3) is 0.286. The number of rotatable bonds is 8. The van der Waals surface area contributed by atoms with Crippen LogP contribution in [0.5, 0.6) is 5.75 Å². The van der Waals surface area contributed by atoms with Gasteiger partial charge >= 0.3 is 5.97 Å². The molecule has 2 aromatic rings. The molecule has 6 nitrogen and oxygen atoms in total. The highest BCUT2D eigenvalue weighted by Gasteiger charge is 2.20. The Labute approximate surface area is 158 Å². The molecule has 0 saturated carbocycles. The molecule has 0 heterocycles. The molecule has 0 aliphatic heterocycles. The topological polar surface area (TPSA) is 81.7 Å². The highest BCUT2D eigenvalue weighted by Crippen LogP contribution is 2.12. The van der Waals surface area contributed by atoms with Crippen LogP contribution in [0.3, 0.4) is 0 Å². The minimum Gasteiger partial charge on any atom is -0.497 e. The number of carbonyl (C=O) groups is 3. The Kier molecular flexibility index (Phi) is 7.11. The fourth-order valence-corrected chi connectivity index (χ4v) is 2.45. The van der Waals surface area contributed by atoms with Crippen LogP contribution < -0.4 is 10.1 Å². The number of methoxy groups -OCH3 is 1. The molecular formula is C21H23NO5. The molecule has 1 N–H and O–H groups in total. The summed E-state index contributed by atoms with van der Waals surface area (Å²) in [4.78, 5) is 36.3. The molecule has 142 valence electrons. The molecule has 0 bridgehead atoms. The summed E-state index contributed by atoms with van der Waals surface area (Å²) in [5.41, 5.74) is 1.96. The van der Waals surface area contributed by atoms with Crippen molar-refractivity contribution in [1.82, 2.24) is 5.32 Å². The average Bonchev–Trinajstić information content (AvgIpc) is 2.71. The van der Waals surface area contributed by atoms with Crippen molar-refractivity contribution in [2.75, 3.05) is 13.7 Å². The van der Waals surface area contributed by atoms with Crippen molar-refractivity contribution in [2.24, 2.45) is 0 Å². The number of hydrogen-bond donors (Lipinski definition) is 1. The summed E-state index contributed by atoms with van der Waals surface area (Å²) in [7, 11) is 1.50. The first-order valence-electron chi connectivity index (χ1n) is 8.69. The van der Waals surface area contributed by atoms with Crippen molar-refractivity contribution >= 4 is 17.7 Å². The SMILES string of the molecule is CCc1ccc(C(=O)[C@H](C)OC(=O)CNC(=O)c2cccc(OC)c2)cc1. The van der Waals surface area contributed by atoms with Gasteiger partial charge in [0.05, 0.1) is 7.11 Å². The number of aryl methyl sites for hydroxylation is 1. The quantitative estimate of drug-likeness (QED) is 0.572. The summed E-state index contributed by atoms with van der Waals surface area (Å²) in [6, 6.07) is 13.7. The van der Waals surface area contributed by atoms with Gasteiger partial charge in [0, 0.05) is 11.1 Å². The standard InChI is InChI=1S/C21H23NO5/c1-4-15-8-10-16(11-9-15)20(24)14(2)27-19(23)13-22-21(25)17-6-5-7-18(12-17)26-3/h5-12,14H,4,13H2,1-3H3,(H,22,25)/t14-/m0/s1. The molecule has 0 aliphatic carbocycles. The Bertz CT molecular complexity index is 814. The summed E-state index contributed by atoms with van der Waals surface area (Å²) < 4.78 is 10.2. The molecule has 0 radical (unpaired) electrons. The second-order valence-electron chi connectivity index (χ2n) is 5.96. The van der Waals surface area contributed by atoms with Gasteiger partial charge in [-0.05, 0) is 37.1 Å². The zero-order chi connectivity index (χ0) is 19.8. The van der Waals surface area contributed by atoms with Gasteiger partial charge in [0.2, 0.25) is 5.78 Å². The third kappa shape index (κ3) is 5.67. The smallest absolute Gasteiger partial charge is 0.326 e. The molecule has 6 heteroatoms. The molecule has 1 amide bonds. The average molecular weight is 369 g/mol. The molecule has 0 spiro atoms. The second kappa shape index (κ2) is 9.52. The predicted molar refractivity (Wildman–Crippen MR) is 101 cm³/mol. The first-order valence-corrected chi connectivity index (χ1v) is 8.69. The summed E-state index contributed by atoms with van der Waals surface area (Å²) in [6.07, 6.45) is -0.0508. The van der Waals surface area contributed by atoms with Crippen LogP contribution in [-0.4, -0.2) is 37.4 Å². The van der Waals surface area contributed by atoms with Crippen molar-refractivity contribution in [3.8, 4) is 5.75 Å². The van der Waals surface area contributed by atoms with Gasteiger partial charge in [0.15, 0.2) is 6.10 Å². The lowest BCUT2D eigenvalue weighted by atomic mass is 10.0. The number of ether oxygens (including phenoxy) is 2. The van der Waals surface area contributed by atoms with E-state index in [9.17, 15) is 14.4 Å². The van der Waals surface area contributed by atoms with E-state index in [1.165, 1.54) is 14.0 Å². The van der Waals surface area contributed by atoms with E-state index in [4.69, 9.17) is 9.47 Å². The molecule has 0 fully saturated rings. The van der Waals surface area contributed by atoms with Gasteiger partial charge in [-0.2, -0.15) is 0 Å². The third-order valence-electron chi connectivity index (χ3n) is 4.05. The largest absolute Gasteiger partial charge is 0.497 e. The van der Waals surface area contributed by atoms with Crippen molar-refractivity contribution < 1.29 is 23.9 Å². The number of hydrogen-bond acceptors (Lipinski definition) is 5. The van der Waals surface area contributed by atoms with E-state index >= 15 is 0 Å². The lowest BCUT2D eigenvalue weighted by Gasteiger charge is -2.13. The van der Waals surface area contributed by atoms with Crippen LogP contribution in [-0.2, 0) is 16.0 Å². The van der Waals surface area contributed by atoms with Crippen LogP contribution in [0, 0.1) is 0 Å². The summed E-state index contributed by atoms with van der Waals surface area (Å²) >= 11 is 0. The lowest BCUT2D eigenvalue weighted by Crippen LogP contribution is -2.34. The van der Waals surface area contributed by atoms with Gasteiger partial charge in [-0.15, -0.1) is 0 Å². The number of esters is 1. The van der Waals surface area contributed by atoms with Crippen LogP contribution in [0.1, 0.15) is 40.1 Å². The zero-order valence-electron chi connectivity index (χ0n) is 15.7. The highest BCUT2D eigenvalue weighted by molar-refractivity contribution is 6.00. The van der Waals surface area contributed by atoms with Gasteiger partial charge in [-0.25, -0.2) is 0 Å². The molecule has 0 aliphatic rings. The van der Waals surface area contributed by atoms with E-state index in [0.29, 0.717) is 16.9 Å². The highest BCUT2D eigenvalue weighted by atomic mass is 16.5. The number of amides is 1. The molecule has 1 atom stereocenters. The first kappa shape index (κ1) is 20.2. The Hall–Kier alpha value is -3.15. The van der Waals surface area contributed by atoms with Crippen molar-refractivity contribution in [2.45, 2.75) is 26.4 Å². The molecule has 0 aromatic heterocycles. The van der Waals surface area contributed by atoms with Gasteiger partial charge in [-0.1, -0.05) is 37.3 Å². The molecule has 0 unspecified atom stereocenters. The molecular weight excluding hydrogens is 346 g/mol. The number of nitrogens with one attached hydrogen (secondary N) is 1. The van der Waals surface area contributed by atoms with E-state index in [1.54, 1.807) is 36.4 Å². The van der Waals surface area contributed by atoms with Crippen molar-refractivity contribution in [3.63, 3.8) is 0 Å². The maximum atomic E-state index is 12.3. The Morgan fingerprint density at radius 2 is 1.74 bits per heavy atom. The Morgan fingerprint density at radius 1 is 1.04 bits per heavy atom. The maximum absolute atomic E-state index is 12.3. The second-order valence-corrected chi connectivity index (χ2v) is 5.96. The number of carbonyl (C=O) groups excluding carboxylic acids is 3. The first-order chi connectivity index (χ1) is 12.9. The monoisotopic (exact) mass is 369 g/mol. The minimum absolute atomic E-state index is 0.287. The van der Waals surface area contributed by atoms with Crippen molar-refractivity contribution in [3.05, 3.63) is 65.2 Å². The van der Waals surface area contributed by atoms with E-state index in [0.717, 1.165) is 12.0 Å². The summed E-state index contributed by atoms with van der Waals surface area (Å²) in [5.74, 6) is -0.860. The van der Waals surface area contributed by atoms with Gasteiger partial charge in [0.1, 0.15) is 12.3 Å². The summed E-state index contributed by atoms with van der Waals surface area (Å²) in [5, 5.41) is 2.47. The van der Waals surface area contributed by atoms with Gasteiger partial charge < -0.3 is 14.8 Å². The van der Waals surface area contributed by atoms with E-state index in [2.05, 4.69) is 5.32 Å². The fourth-order valence-electron chi connectivity index (χ4n) is 2.45. The Morgan fingerprint density at radius 3 is 2.37 bits per heavy atom. The Balaban J connectivity index is 1.86. The molecule has 2 aromatic carbocycles. The predicted octanol–water partition coefficient (Wildman–Crippen LogP) is 2.80. The molecule has 0 saturated heterocycles. The van der Waals surface area contributed by atoms with Crippen LogP contribution >= 0.6 is 0 Å². The third-order valence-corrected chi connectivity index (χ3v) is 4.05. The van der Waals surface area contributed by atoms with E-state index in [-0.39, 0.29) is 12.3 Å².